The first-order valence-electron chi connectivity index (χ1n) is 8.77. The first-order valence-corrected chi connectivity index (χ1v) is 9.18. The van der Waals surface area contributed by atoms with Crippen LogP contribution in [0.3, 0.4) is 0 Å². The van der Waals surface area contributed by atoms with Gasteiger partial charge >= 0.3 is 0 Å². The molecule has 0 bridgehead atoms. The van der Waals surface area contributed by atoms with E-state index in [1.807, 2.05) is 26.0 Å². The number of nitro groups is 1. The number of nitrogens with zero attached hydrogens (tertiary/aromatic N) is 1. The van der Waals surface area contributed by atoms with Crippen LogP contribution in [-0.2, 0) is 9.59 Å². The summed E-state index contributed by atoms with van der Waals surface area (Å²) in [6, 6.07) is 11.3. The molecule has 30 heavy (non-hydrogen) atoms. The number of rotatable bonds is 6. The van der Waals surface area contributed by atoms with Gasteiger partial charge in [-0.1, -0.05) is 17.7 Å². The molecular weight excluding hydrogens is 408 g/mol. The molecule has 0 saturated carbocycles. The van der Waals surface area contributed by atoms with Gasteiger partial charge in [-0.05, 0) is 61.5 Å². The molecule has 0 aliphatic rings. The predicted molar refractivity (Wildman–Crippen MR) is 116 cm³/mol. The topological polar surface area (TPSA) is 123 Å². The fourth-order valence-electron chi connectivity index (χ4n) is 2.33. The van der Waals surface area contributed by atoms with Crippen LogP contribution < -0.4 is 20.9 Å². The van der Waals surface area contributed by atoms with Crippen molar-refractivity contribution in [3.63, 3.8) is 0 Å². The van der Waals surface area contributed by atoms with Gasteiger partial charge < -0.3 is 4.74 Å². The molecule has 10 heteroatoms. The average Bonchev–Trinajstić information content (AvgIpc) is 2.70. The van der Waals surface area contributed by atoms with E-state index in [4.69, 9.17) is 17.0 Å². The Labute approximate surface area is 178 Å². The van der Waals surface area contributed by atoms with Gasteiger partial charge in [0.2, 0.25) is 5.91 Å². The highest BCUT2D eigenvalue weighted by atomic mass is 32.1. The van der Waals surface area contributed by atoms with Crippen LogP contribution in [0.4, 0.5) is 5.69 Å². The fourth-order valence-corrected chi connectivity index (χ4v) is 2.48. The van der Waals surface area contributed by atoms with Gasteiger partial charge in [-0.2, -0.15) is 0 Å². The molecule has 2 amide bonds. The van der Waals surface area contributed by atoms with E-state index in [0.717, 1.165) is 11.1 Å². The molecule has 0 aliphatic carbocycles. The summed E-state index contributed by atoms with van der Waals surface area (Å²) in [5.41, 5.74) is 7.29. The van der Waals surface area contributed by atoms with Crippen molar-refractivity contribution in [2.75, 3.05) is 6.61 Å². The number of hydrogen-bond acceptors (Lipinski definition) is 6. The second-order valence-corrected chi connectivity index (χ2v) is 6.64. The highest BCUT2D eigenvalue weighted by Gasteiger charge is 2.07. The van der Waals surface area contributed by atoms with Gasteiger partial charge in [0.25, 0.3) is 11.6 Å². The molecule has 0 spiro atoms. The van der Waals surface area contributed by atoms with Gasteiger partial charge in [-0.15, -0.1) is 0 Å². The summed E-state index contributed by atoms with van der Waals surface area (Å²) >= 11 is 4.93. The van der Waals surface area contributed by atoms with Crippen LogP contribution in [0.15, 0.2) is 48.5 Å². The lowest BCUT2D eigenvalue weighted by Gasteiger charge is -2.12. The lowest BCUT2D eigenvalue weighted by molar-refractivity contribution is -0.384. The number of nitro benzene ring substituents is 1. The number of hydrazine groups is 1. The van der Waals surface area contributed by atoms with Crippen LogP contribution in [0.25, 0.3) is 6.08 Å². The summed E-state index contributed by atoms with van der Waals surface area (Å²) in [5, 5.41) is 12.9. The molecular formula is C20H20N4O5S. The van der Waals surface area contributed by atoms with Crippen molar-refractivity contribution in [3.8, 4) is 5.75 Å². The highest BCUT2D eigenvalue weighted by molar-refractivity contribution is 7.80. The molecule has 0 saturated heterocycles. The molecule has 0 aliphatic heterocycles. The maximum Gasteiger partial charge on any atom is 0.276 e. The molecule has 3 N–H and O–H groups in total. The van der Waals surface area contributed by atoms with Crippen LogP contribution in [0.2, 0.25) is 0 Å². The van der Waals surface area contributed by atoms with Crippen molar-refractivity contribution >= 4 is 40.9 Å². The second-order valence-electron chi connectivity index (χ2n) is 6.23. The third kappa shape index (κ3) is 7.32. The normalized spacial score (nSPS) is 10.3. The number of carbonyl (C=O) groups is 2. The van der Waals surface area contributed by atoms with Gasteiger partial charge in [0, 0.05) is 18.2 Å². The number of aryl methyl sites for hydroxylation is 2. The fraction of sp³-hybridized carbons (Fsp3) is 0.150. The van der Waals surface area contributed by atoms with Gasteiger partial charge in [0.1, 0.15) is 5.75 Å². The SMILES string of the molecule is Cc1ccc(OCC(=O)NNC(=S)NC(=O)/C=C/c2ccc([N+](=O)[O-])cc2)c(C)c1. The number of nitrogens with one attached hydrogen (secondary N) is 3. The molecule has 0 unspecified atom stereocenters. The lowest BCUT2D eigenvalue weighted by atomic mass is 10.1. The van der Waals surface area contributed by atoms with Crippen molar-refractivity contribution < 1.29 is 19.2 Å². The van der Waals surface area contributed by atoms with Crippen LogP contribution in [0.1, 0.15) is 16.7 Å². The van der Waals surface area contributed by atoms with Crippen molar-refractivity contribution in [3.05, 3.63) is 75.3 Å². The zero-order valence-electron chi connectivity index (χ0n) is 16.3. The van der Waals surface area contributed by atoms with Crippen LogP contribution >= 0.6 is 12.2 Å². The molecule has 0 radical (unpaired) electrons. The Morgan fingerprint density at radius 2 is 1.83 bits per heavy atom. The quantitative estimate of drug-likeness (QED) is 0.279. The number of carbonyl (C=O) groups excluding carboxylic acids is 2. The average molecular weight is 428 g/mol. The molecule has 2 aromatic rings. The number of thiocarbonyl (C=S) groups is 1. The van der Waals surface area contributed by atoms with E-state index >= 15 is 0 Å². The minimum Gasteiger partial charge on any atom is -0.483 e. The Morgan fingerprint density at radius 3 is 2.47 bits per heavy atom. The third-order valence-corrected chi connectivity index (χ3v) is 3.98. The Kier molecular flexibility index (Phi) is 8.00. The summed E-state index contributed by atoms with van der Waals surface area (Å²) in [6.45, 7) is 3.62. The maximum atomic E-state index is 11.9. The Morgan fingerprint density at radius 1 is 1.13 bits per heavy atom. The summed E-state index contributed by atoms with van der Waals surface area (Å²) in [6.07, 6.45) is 2.68. The minimum absolute atomic E-state index is 0.0424. The number of hydrogen-bond donors (Lipinski definition) is 3. The standard InChI is InChI=1S/C20H20N4O5S/c1-13-3-9-17(14(2)11-13)29-12-19(26)22-23-20(30)21-18(25)10-6-15-4-7-16(8-5-15)24(27)28/h3-11H,12H2,1-2H3,(H,22,26)(H2,21,23,25,30)/b10-6+. The van der Waals surface area contributed by atoms with Crippen LogP contribution in [-0.4, -0.2) is 28.5 Å². The van der Waals surface area contributed by atoms with E-state index in [2.05, 4.69) is 16.2 Å². The molecule has 0 fully saturated rings. The molecule has 0 atom stereocenters. The Hall–Kier alpha value is -3.79. The number of benzene rings is 2. The van der Waals surface area contributed by atoms with E-state index in [1.54, 1.807) is 6.07 Å². The Bertz CT molecular complexity index is 989. The van der Waals surface area contributed by atoms with Crippen LogP contribution in [0, 0.1) is 24.0 Å². The van der Waals surface area contributed by atoms with Crippen molar-refractivity contribution in [1.82, 2.24) is 16.2 Å². The van der Waals surface area contributed by atoms with Gasteiger partial charge in [-0.3, -0.25) is 35.9 Å². The van der Waals surface area contributed by atoms with Crippen LogP contribution in [0.5, 0.6) is 5.75 Å². The van der Waals surface area contributed by atoms with Gasteiger partial charge in [0.15, 0.2) is 11.7 Å². The summed E-state index contributed by atoms with van der Waals surface area (Å²) < 4.78 is 5.44. The zero-order valence-corrected chi connectivity index (χ0v) is 17.1. The molecule has 156 valence electrons. The van der Waals surface area contributed by atoms with Crippen molar-refractivity contribution in [2.45, 2.75) is 13.8 Å². The van der Waals surface area contributed by atoms with Gasteiger partial charge in [-0.25, -0.2) is 0 Å². The number of non-ortho nitro benzene ring substituents is 1. The molecule has 2 rings (SSSR count). The number of amides is 2. The molecule has 9 nitrogen and oxygen atoms in total. The van der Waals surface area contributed by atoms with E-state index in [1.165, 1.54) is 36.4 Å². The molecule has 0 heterocycles. The molecule has 0 aromatic heterocycles. The van der Waals surface area contributed by atoms with Gasteiger partial charge in [0.05, 0.1) is 4.92 Å². The van der Waals surface area contributed by atoms with E-state index in [0.29, 0.717) is 11.3 Å². The highest BCUT2D eigenvalue weighted by Crippen LogP contribution is 2.18. The van der Waals surface area contributed by atoms with E-state index in [9.17, 15) is 19.7 Å². The predicted octanol–water partition coefficient (Wildman–Crippen LogP) is 2.33. The maximum absolute atomic E-state index is 11.9. The zero-order chi connectivity index (χ0) is 22.1. The first kappa shape index (κ1) is 22.5. The lowest BCUT2D eigenvalue weighted by Crippen LogP contribution is -2.49. The van der Waals surface area contributed by atoms with Crippen molar-refractivity contribution in [2.24, 2.45) is 0 Å². The summed E-state index contributed by atoms with van der Waals surface area (Å²) in [7, 11) is 0. The minimum atomic E-state index is -0.536. The first-order chi connectivity index (χ1) is 14.2. The Balaban J connectivity index is 1.73. The second kappa shape index (κ2) is 10.7. The monoisotopic (exact) mass is 428 g/mol. The van der Waals surface area contributed by atoms with Crippen molar-refractivity contribution in [1.29, 1.82) is 0 Å². The van der Waals surface area contributed by atoms with E-state index < -0.39 is 16.7 Å². The largest absolute Gasteiger partial charge is 0.483 e. The smallest absolute Gasteiger partial charge is 0.276 e. The third-order valence-electron chi connectivity index (χ3n) is 3.77. The summed E-state index contributed by atoms with van der Waals surface area (Å²) in [4.78, 5) is 33.8. The number of ether oxygens (including phenoxy) is 1. The molecule has 2 aromatic carbocycles. The van der Waals surface area contributed by atoms with E-state index in [-0.39, 0.29) is 17.4 Å². The summed E-state index contributed by atoms with van der Waals surface area (Å²) in [5.74, 6) is -0.414.